The number of pyridine rings is 1. The van der Waals surface area contributed by atoms with E-state index in [1.807, 2.05) is 25.7 Å². The third-order valence-corrected chi connectivity index (χ3v) is 5.17. The quantitative estimate of drug-likeness (QED) is 0.752. The van der Waals surface area contributed by atoms with Crippen LogP contribution < -0.4 is 4.90 Å². The van der Waals surface area contributed by atoms with E-state index in [-0.39, 0.29) is 23.9 Å². The van der Waals surface area contributed by atoms with Crippen molar-refractivity contribution in [3.63, 3.8) is 0 Å². The molecule has 0 aliphatic carbocycles. The van der Waals surface area contributed by atoms with Gasteiger partial charge in [0.1, 0.15) is 5.69 Å². The largest absolute Gasteiger partial charge is 0.367 e. The van der Waals surface area contributed by atoms with Crippen molar-refractivity contribution in [2.45, 2.75) is 58.4 Å². The molecule has 2 nitrogen and oxygen atoms in total. The smallest absolute Gasteiger partial charge is 0.280 e. The second-order valence-corrected chi connectivity index (χ2v) is 7.02. The van der Waals surface area contributed by atoms with Crippen molar-refractivity contribution in [1.82, 2.24) is 4.98 Å². The number of aromatic nitrogens is 1. The van der Waals surface area contributed by atoms with Gasteiger partial charge >= 0.3 is 0 Å². The summed E-state index contributed by atoms with van der Waals surface area (Å²) >= 11 is 0. The molecule has 0 radical (unpaired) electrons. The van der Waals surface area contributed by atoms with Gasteiger partial charge in [-0.05, 0) is 24.3 Å². The predicted molar refractivity (Wildman–Crippen MR) is 81.3 cm³/mol. The van der Waals surface area contributed by atoms with Crippen LogP contribution in [0.25, 0.3) is 0 Å². The van der Waals surface area contributed by atoms with Gasteiger partial charge in [-0.15, -0.1) is 0 Å². The normalized spacial score (nSPS) is 25.9. The molecule has 128 valence electrons. The Morgan fingerprint density at radius 1 is 1.35 bits per heavy atom. The molecule has 1 aromatic rings. The molecule has 1 saturated heterocycles. The third kappa shape index (κ3) is 2.81. The van der Waals surface area contributed by atoms with Crippen molar-refractivity contribution in [2.75, 3.05) is 11.4 Å². The Balaban J connectivity index is 2.11. The Labute approximate surface area is 133 Å². The van der Waals surface area contributed by atoms with Gasteiger partial charge in [0.2, 0.25) is 0 Å². The summed E-state index contributed by atoms with van der Waals surface area (Å²) in [6, 6.07) is 1.45. The lowest BCUT2D eigenvalue weighted by Gasteiger charge is -2.51. The van der Waals surface area contributed by atoms with E-state index in [9.17, 15) is 17.6 Å². The van der Waals surface area contributed by atoms with Gasteiger partial charge in [-0.1, -0.05) is 20.8 Å². The Morgan fingerprint density at radius 3 is 2.61 bits per heavy atom. The Kier molecular flexibility index (Phi) is 4.05. The van der Waals surface area contributed by atoms with Gasteiger partial charge in [-0.3, -0.25) is 4.98 Å². The molecule has 1 aromatic heterocycles. The zero-order chi connectivity index (χ0) is 16.9. The highest BCUT2D eigenvalue weighted by molar-refractivity contribution is 5.61. The van der Waals surface area contributed by atoms with Gasteiger partial charge in [0, 0.05) is 42.4 Å². The van der Waals surface area contributed by atoms with Crippen LogP contribution in [0.5, 0.6) is 0 Å². The number of fused-ring (bicyclic) bond motifs is 3. The molecule has 0 bridgehead atoms. The minimum absolute atomic E-state index is 0.0342. The molecule has 0 saturated carbocycles. The maximum atomic E-state index is 14.4. The van der Waals surface area contributed by atoms with Gasteiger partial charge in [-0.2, -0.15) is 0 Å². The van der Waals surface area contributed by atoms with Crippen LogP contribution >= 0.6 is 0 Å². The highest BCUT2D eigenvalue weighted by Gasteiger charge is 2.50. The summed E-state index contributed by atoms with van der Waals surface area (Å²) in [7, 11) is 0. The number of anilines is 1. The molecule has 0 N–H and O–H groups in total. The average molecular weight is 330 g/mol. The summed E-state index contributed by atoms with van der Waals surface area (Å²) in [6.45, 7) is 6.54. The van der Waals surface area contributed by atoms with Gasteiger partial charge in [0.25, 0.3) is 12.3 Å². The Morgan fingerprint density at radius 2 is 2.04 bits per heavy atom. The van der Waals surface area contributed by atoms with Crippen LogP contribution in [0.4, 0.5) is 23.2 Å². The number of nitrogens with zero attached hydrogens (tertiary/aromatic N) is 2. The van der Waals surface area contributed by atoms with Crippen molar-refractivity contribution in [3.8, 4) is 0 Å². The minimum Gasteiger partial charge on any atom is -0.367 e. The molecule has 0 spiro atoms. The maximum absolute atomic E-state index is 14.4. The van der Waals surface area contributed by atoms with E-state index in [0.717, 1.165) is 0 Å². The molecule has 2 unspecified atom stereocenters. The highest BCUT2D eigenvalue weighted by Crippen LogP contribution is 2.48. The molecule has 6 heteroatoms. The van der Waals surface area contributed by atoms with Gasteiger partial charge in [-0.25, -0.2) is 17.6 Å². The van der Waals surface area contributed by atoms with Gasteiger partial charge in [0.05, 0.1) is 0 Å². The Bertz CT molecular complexity index is 601. The summed E-state index contributed by atoms with van der Waals surface area (Å²) in [5.74, 6) is -2.49. The molecule has 1 fully saturated rings. The number of aryl methyl sites for hydroxylation is 1. The first kappa shape index (κ1) is 16.5. The van der Waals surface area contributed by atoms with Crippen molar-refractivity contribution >= 4 is 5.69 Å². The van der Waals surface area contributed by atoms with Gasteiger partial charge < -0.3 is 4.90 Å². The number of halogens is 4. The maximum Gasteiger partial charge on any atom is 0.280 e. The van der Waals surface area contributed by atoms with Gasteiger partial charge in [0.15, 0.2) is 0 Å². The third-order valence-electron chi connectivity index (χ3n) is 5.17. The van der Waals surface area contributed by atoms with Crippen LogP contribution in [-0.2, 0) is 12.8 Å². The van der Waals surface area contributed by atoms with E-state index in [4.69, 9.17) is 0 Å². The van der Waals surface area contributed by atoms with E-state index >= 15 is 0 Å². The zero-order valence-corrected chi connectivity index (χ0v) is 13.6. The second-order valence-electron chi connectivity index (χ2n) is 7.02. The van der Waals surface area contributed by atoms with E-state index in [2.05, 4.69) is 4.98 Å². The number of hydrogen-bond acceptors (Lipinski definition) is 2. The first-order valence-electron chi connectivity index (χ1n) is 8.18. The predicted octanol–water partition coefficient (Wildman–Crippen LogP) is 4.62. The van der Waals surface area contributed by atoms with E-state index < -0.39 is 24.5 Å². The average Bonchev–Trinajstić information content (AvgIpc) is 2.51. The zero-order valence-electron chi connectivity index (χ0n) is 13.6. The number of hydrogen-bond donors (Lipinski definition) is 0. The molecule has 0 amide bonds. The lowest BCUT2D eigenvalue weighted by molar-refractivity contribution is -0.0262. The lowest BCUT2D eigenvalue weighted by atomic mass is 9.77. The topological polar surface area (TPSA) is 16.1 Å². The Hall–Kier alpha value is -1.33. The summed E-state index contributed by atoms with van der Waals surface area (Å²) in [6.07, 6.45) is -3.23. The fourth-order valence-electron chi connectivity index (χ4n) is 3.84. The minimum atomic E-state index is -2.97. The molecular formula is C17H22F4N2. The molecule has 3 rings (SSSR count). The van der Waals surface area contributed by atoms with Crippen molar-refractivity contribution < 1.29 is 17.6 Å². The van der Waals surface area contributed by atoms with E-state index in [0.29, 0.717) is 30.3 Å². The van der Waals surface area contributed by atoms with Crippen LogP contribution in [0.1, 0.15) is 50.6 Å². The molecule has 3 heterocycles. The fraction of sp³-hybridized carbons (Fsp3) is 0.706. The molecular weight excluding hydrogens is 308 g/mol. The standard InChI is InChI=1S/C17H22F4N2/c1-4-10-5-13-11(15(22-10)16(18)19)6-17(20,21)7-14-12(9(2)3)8-23(13)14/h5,9,12,14,16H,4,6-8H2,1-3H3. The van der Waals surface area contributed by atoms with Crippen LogP contribution in [0.2, 0.25) is 0 Å². The molecule has 2 atom stereocenters. The SMILES string of the molecule is CCc1cc2c(c(C(F)F)n1)CC(F)(F)CC1C(C(C)C)CN21. The highest BCUT2D eigenvalue weighted by atomic mass is 19.3. The summed E-state index contributed by atoms with van der Waals surface area (Å²) in [5, 5.41) is 0. The lowest BCUT2D eigenvalue weighted by Crippen LogP contribution is -2.59. The number of rotatable bonds is 3. The monoisotopic (exact) mass is 330 g/mol. The summed E-state index contributed by atoms with van der Waals surface area (Å²) in [4.78, 5) is 5.84. The molecule has 23 heavy (non-hydrogen) atoms. The summed E-state index contributed by atoms with van der Waals surface area (Å²) < 4.78 is 55.5. The second kappa shape index (κ2) is 5.64. The fourth-order valence-corrected chi connectivity index (χ4v) is 3.84. The van der Waals surface area contributed by atoms with Crippen LogP contribution in [0.15, 0.2) is 6.07 Å². The molecule has 0 aromatic carbocycles. The summed E-state index contributed by atoms with van der Waals surface area (Å²) in [5.41, 5.74) is 0.654. The van der Waals surface area contributed by atoms with Crippen molar-refractivity contribution in [1.29, 1.82) is 0 Å². The van der Waals surface area contributed by atoms with Crippen LogP contribution in [0.3, 0.4) is 0 Å². The van der Waals surface area contributed by atoms with E-state index in [1.165, 1.54) is 0 Å². The van der Waals surface area contributed by atoms with Crippen LogP contribution in [-0.4, -0.2) is 23.5 Å². The molecule has 2 aliphatic rings. The van der Waals surface area contributed by atoms with Crippen molar-refractivity contribution in [3.05, 3.63) is 23.0 Å². The molecule has 2 aliphatic heterocycles. The first-order valence-corrected chi connectivity index (χ1v) is 8.18. The van der Waals surface area contributed by atoms with Crippen LogP contribution in [0, 0.1) is 11.8 Å². The van der Waals surface area contributed by atoms with Crippen molar-refractivity contribution in [2.24, 2.45) is 11.8 Å². The first-order chi connectivity index (χ1) is 10.7. The number of alkyl halides is 4. The van der Waals surface area contributed by atoms with E-state index in [1.54, 1.807) is 6.07 Å².